The van der Waals surface area contributed by atoms with Crippen molar-refractivity contribution in [3.63, 3.8) is 0 Å². The molecule has 0 bridgehead atoms. The number of nitrogens with two attached hydrogens (primary N) is 1. The lowest BCUT2D eigenvalue weighted by atomic mass is 9.91. The van der Waals surface area contributed by atoms with Crippen LogP contribution in [-0.2, 0) is 17.5 Å². The number of ether oxygens (including phenoxy) is 1. The Hall–Kier alpha value is -2.35. The predicted octanol–water partition coefficient (Wildman–Crippen LogP) is 3.64. The van der Waals surface area contributed by atoms with E-state index in [4.69, 9.17) is 10.5 Å². The second-order valence-electron chi connectivity index (χ2n) is 7.16. The lowest BCUT2D eigenvalue weighted by Gasteiger charge is -2.20. The topological polar surface area (TPSA) is 92.3 Å². The summed E-state index contributed by atoms with van der Waals surface area (Å²) in [6.07, 6.45) is 9.69. The molecule has 0 spiro atoms. The molecule has 2 rings (SSSR count). The van der Waals surface area contributed by atoms with E-state index >= 15 is 0 Å². The smallest absolute Gasteiger partial charge is 0.147 e. The van der Waals surface area contributed by atoms with Crippen LogP contribution in [0.3, 0.4) is 0 Å². The van der Waals surface area contributed by atoms with Gasteiger partial charge in [-0.15, -0.1) is 0 Å². The van der Waals surface area contributed by atoms with Gasteiger partial charge in [0.1, 0.15) is 22.6 Å². The van der Waals surface area contributed by atoms with Crippen LogP contribution in [0.4, 0.5) is 5.69 Å². The summed E-state index contributed by atoms with van der Waals surface area (Å²) in [5, 5.41) is 8.86. The van der Waals surface area contributed by atoms with E-state index in [0.717, 1.165) is 24.1 Å². The number of rotatable bonds is 10. The maximum atomic E-state index is 12.6. The van der Waals surface area contributed by atoms with Crippen molar-refractivity contribution in [3.05, 3.63) is 35.5 Å². The van der Waals surface area contributed by atoms with Crippen LogP contribution in [0.15, 0.2) is 33.9 Å². The minimum atomic E-state index is -1.35. The first-order chi connectivity index (χ1) is 14.0. The molecule has 0 aromatic heterocycles. The fourth-order valence-electron chi connectivity index (χ4n) is 3.64. The molecule has 160 valence electrons. The number of hydrogen-bond acceptors (Lipinski definition) is 5. The molecule has 1 atom stereocenters. The Morgan fingerprint density at radius 2 is 2.14 bits per heavy atom. The third-order valence-electron chi connectivity index (χ3n) is 5.06. The number of amidine groups is 1. The zero-order chi connectivity index (χ0) is 21.2. The van der Waals surface area contributed by atoms with Crippen LogP contribution in [0.2, 0.25) is 0 Å². The average Bonchev–Trinajstić information content (AvgIpc) is 2.73. The summed E-state index contributed by atoms with van der Waals surface area (Å²) < 4.78 is 22.4. The molecule has 0 heterocycles. The molecular formula is C21H33N5O2S. The molecule has 0 saturated heterocycles. The van der Waals surface area contributed by atoms with Crippen LogP contribution in [0, 0.1) is 5.92 Å². The Balaban J connectivity index is 2.27. The van der Waals surface area contributed by atoms with Gasteiger partial charge in [0.15, 0.2) is 0 Å². The quantitative estimate of drug-likeness (QED) is 0.343. The van der Waals surface area contributed by atoms with Crippen LogP contribution in [0.5, 0.6) is 5.75 Å². The van der Waals surface area contributed by atoms with Gasteiger partial charge in [-0.2, -0.15) is 9.50 Å². The molecule has 1 saturated carbocycles. The Labute approximate surface area is 176 Å². The third kappa shape index (κ3) is 6.59. The first-order valence-corrected chi connectivity index (χ1v) is 11.3. The van der Waals surface area contributed by atoms with Gasteiger partial charge in [0.25, 0.3) is 0 Å². The second-order valence-corrected chi connectivity index (χ2v) is 8.32. The van der Waals surface area contributed by atoms with Crippen molar-refractivity contribution >= 4 is 29.2 Å². The van der Waals surface area contributed by atoms with Gasteiger partial charge in [-0.1, -0.05) is 25.3 Å². The number of hydrogen-bond donors (Lipinski definition) is 2. The Morgan fingerprint density at radius 3 is 2.72 bits per heavy atom. The van der Waals surface area contributed by atoms with E-state index in [-0.39, 0.29) is 5.84 Å². The lowest BCUT2D eigenvalue weighted by Crippen LogP contribution is -2.20. The van der Waals surface area contributed by atoms with Gasteiger partial charge in [-0.3, -0.25) is 5.01 Å². The predicted molar refractivity (Wildman–Crippen MR) is 123 cm³/mol. The molecule has 0 amide bonds. The van der Waals surface area contributed by atoms with Gasteiger partial charge in [-0.25, -0.2) is 4.21 Å². The van der Waals surface area contributed by atoms with Crippen LogP contribution in [0.25, 0.3) is 0 Å². The van der Waals surface area contributed by atoms with Crippen LogP contribution in [-0.4, -0.2) is 41.7 Å². The van der Waals surface area contributed by atoms with E-state index in [1.165, 1.54) is 19.3 Å². The van der Waals surface area contributed by atoms with Gasteiger partial charge in [0.2, 0.25) is 0 Å². The standard InChI is InChI=1S/C21H33N5O2S/c1-5-11-26(24-3)14-17-12-18(23-2)20(19(13-17)28-4)21(22)25-29(27)15-16-9-7-6-8-10-16/h5,11-13,16,23H,3,6-10,14-15H2,1-2,4H3,(H2,22,25)/b11-5-. The number of nitrogens with one attached hydrogen (secondary N) is 1. The molecule has 8 heteroatoms. The van der Waals surface area contributed by atoms with Gasteiger partial charge in [0.05, 0.1) is 19.2 Å². The molecule has 1 fully saturated rings. The highest BCUT2D eigenvalue weighted by molar-refractivity contribution is 7.83. The monoisotopic (exact) mass is 419 g/mol. The van der Waals surface area contributed by atoms with Crippen molar-refractivity contribution in [2.24, 2.45) is 21.2 Å². The molecule has 1 aliphatic rings. The fraction of sp³-hybridized carbons (Fsp3) is 0.524. The first-order valence-electron chi connectivity index (χ1n) is 10.00. The van der Waals surface area contributed by atoms with E-state index in [1.807, 2.05) is 38.4 Å². The van der Waals surface area contributed by atoms with Crippen molar-refractivity contribution in [2.45, 2.75) is 45.6 Å². The van der Waals surface area contributed by atoms with Crippen molar-refractivity contribution in [1.29, 1.82) is 0 Å². The zero-order valence-electron chi connectivity index (χ0n) is 17.7. The number of nitrogens with zero attached hydrogens (tertiary/aromatic N) is 3. The molecule has 1 aromatic rings. The molecule has 0 aliphatic heterocycles. The van der Waals surface area contributed by atoms with Crippen molar-refractivity contribution in [2.75, 3.05) is 25.2 Å². The highest BCUT2D eigenvalue weighted by Gasteiger charge is 2.19. The van der Waals surface area contributed by atoms with E-state index in [9.17, 15) is 4.21 Å². The van der Waals surface area contributed by atoms with Crippen molar-refractivity contribution in [3.8, 4) is 5.75 Å². The molecule has 1 unspecified atom stereocenters. The molecule has 0 radical (unpaired) electrons. The zero-order valence-corrected chi connectivity index (χ0v) is 18.5. The molecule has 29 heavy (non-hydrogen) atoms. The Morgan fingerprint density at radius 1 is 1.41 bits per heavy atom. The fourth-order valence-corrected chi connectivity index (χ4v) is 4.76. The van der Waals surface area contributed by atoms with Crippen molar-refractivity contribution < 1.29 is 8.95 Å². The second kappa shape index (κ2) is 11.6. The highest BCUT2D eigenvalue weighted by atomic mass is 32.2. The maximum absolute atomic E-state index is 12.6. The van der Waals surface area contributed by atoms with E-state index in [1.54, 1.807) is 12.1 Å². The van der Waals surface area contributed by atoms with Crippen LogP contribution in [0.1, 0.15) is 50.2 Å². The summed E-state index contributed by atoms with van der Waals surface area (Å²) in [4.78, 5) is 0. The summed E-state index contributed by atoms with van der Waals surface area (Å²) in [5.74, 6) is 1.84. The minimum Gasteiger partial charge on any atom is -0.496 e. The van der Waals surface area contributed by atoms with Gasteiger partial charge < -0.3 is 15.8 Å². The van der Waals surface area contributed by atoms with Crippen molar-refractivity contribution in [1.82, 2.24) is 5.01 Å². The number of allylic oxidation sites excluding steroid dienone is 1. The summed E-state index contributed by atoms with van der Waals surface area (Å²) >= 11 is 0. The molecule has 3 N–H and O–H groups in total. The summed E-state index contributed by atoms with van der Waals surface area (Å²) in [6.45, 7) is 6.05. The average molecular weight is 420 g/mol. The van der Waals surface area contributed by atoms with Crippen LogP contribution >= 0.6 is 0 Å². The number of hydrazone groups is 1. The lowest BCUT2D eigenvalue weighted by molar-refractivity contribution is 0.388. The largest absolute Gasteiger partial charge is 0.496 e. The number of anilines is 1. The SMILES string of the molecule is C=NN(/C=C\C)Cc1cc(NC)c(/C(N)=N/S(=O)CC2CCCCC2)c(OC)c1. The summed E-state index contributed by atoms with van der Waals surface area (Å²) in [6, 6.07) is 3.86. The van der Waals surface area contributed by atoms with Gasteiger partial charge in [0, 0.05) is 31.4 Å². The Bertz CT molecular complexity index is 747. The van der Waals surface area contributed by atoms with E-state index in [0.29, 0.717) is 29.5 Å². The third-order valence-corrected chi connectivity index (χ3v) is 6.21. The number of methoxy groups -OCH3 is 1. The first kappa shape index (κ1) is 22.9. The van der Waals surface area contributed by atoms with Crippen LogP contribution < -0.4 is 15.8 Å². The maximum Gasteiger partial charge on any atom is 0.147 e. The van der Waals surface area contributed by atoms with E-state index in [2.05, 4.69) is 21.5 Å². The van der Waals surface area contributed by atoms with Gasteiger partial charge in [-0.05, 0) is 43.4 Å². The minimum absolute atomic E-state index is 0.221. The molecule has 1 aliphatic carbocycles. The highest BCUT2D eigenvalue weighted by Crippen LogP contribution is 2.30. The molecular weight excluding hydrogens is 386 g/mol. The molecule has 1 aromatic carbocycles. The number of benzene rings is 1. The molecule has 7 nitrogen and oxygen atoms in total. The Kier molecular flexibility index (Phi) is 9.18. The van der Waals surface area contributed by atoms with Gasteiger partial charge >= 0.3 is 0 Å². The summed E-state index contributed by atoms with van der Waals surface area (Å²) in [7, 11) is 2.05. The van der Waals surface area contributed by atoms with E-state index < -0.39 is 11.0 Å². The normalized spacial score (nSPS) is 16.6. The summed E-state index contributed by atoms with van der Waals surface area (Å²) in [5.41, 5.74) is 8.62.